The molecular formula is C15H29NO2. The van der Waals surface area contributed by atoms with Crippen molar-refractivity contribution >= 4 is 5.91 Å². The SMILES string of the molecule is CC(O)CC1CCCN1C(=O)CC(C)C(C)(C)C. The smallest absolute Gasteiger partial charge is 0.223 e. The molecule has 1 rings (SSSR count). The molecule has 1 N–H and O–H groups in total. The predicted octanol–water partition coefficient (Wildman–Crippen LogP) is 2.82. The van der Waals surface area contributed by atoms with Gasteiger partial charge in [-0.05, 0) is 37.5 Å². The minimum Gasteiger partial charge on any atom is -0.393 e. The van der Waals surface area contributed by atoms with Gasteiger partial charge in [-0.15, -0.1) is 0 Å². The summed E-state index contributed by atoms with van der Waals surface area (Å²) in [7, 11) is 0. The highest BCUT2D eigenvalue weighted by molar-refractivity contribution is 5.77. The number of carbonyl (C=O) groups is 1. The number of aliphatic hydroxyl groups is 1. The van der Waals surface area contributed by atoms with Gasteiger partial charge in [0.15, 0.2) is 0 Å². The van der Waals surface area contributed by atoms with Crippen LogP contribution in [0.2, 0.25) is 0 Å². The van der Waals surface area contributed by atoms with Crippen LogP contribution in [0, 0.1) is 11.3 Å². The Morgan fingerprint density at radius 3 is 2.50 bits per heavy atom. The molecule has 0 radical (unpaired) electrons. The van der Waals surface area contributed by atoms with Crippen LogP contribution in [0.4, 0.5) is 0 Å². The van der Waals surface area contributed by atoms with Gasteiger partial charge in [-0.25, -0.2) is 0 Å². The minimum absolute atomic E-state index is 0.176. The van der Waals surface area contributed by atoms with E-state index in [9.17, 15) is 9.90 Å². The Bertz CT molecular complexity index is 281. The summed E-state index contributed by atoms with van der Waals surface area (Å²) >= 11 is 0. The Balaban J connectivity index is 2.55. The quantitative estimate of drug-likeness (QED) is 0.839. The van der Waals surface area contributed by atoms with Crippen molar-refractivity contribution < 1.29 is 9.90 Å². The van der Waals surface area contributed by atoms with E-state index >= 15 is 0 Å². The van der Waals surface area contributed by atoms with Crippen LogP contribution in [0.1, 0.15) is 60.3 Å². The summed E-state index contributed by atoms with van der Waals surface area (Å²) in [6, 6.07) is 0.254. The van der Waals surface area contributed by atoms with Gasteiger partial charge < -0.3 is 10.0 Å². The topological polar surface area (TPSA) is 40.5 Å². The van der Waals surface area contributed by atoms with E-state index in [1.165, 1.54) is 0 Å². The Kier molecular flexibility index (Phi) is 5.20. The van der Waals surface area contributed by atoms with Gasteiger partial charge in [0.25, 0.3) is 0 Å². The lowest BCUT2D eigenvalue weighted by molar-refractivity contribution is -0.134. The number of aliphatic hydroxyl groups excluding tert-OH is 1. The lowest BCUT2D eigenvalue weighted by Gasteiger charge is -2.31. The Hall–Kier alpha value is -0.570. The van der Waals surface area contributed by atoms with Crippen molar-refractivity contribution in [2.24, 2.45) is 11.3 Å². The molecule has 18 heavy (non-hydrogen) atoms. The highest BCUT2D eigenvalue weighted by Gasteiger charge is 2.32. The largest absolute Gasteiger partial charge is 0.393 e. The highest BCUT2D eigenvalue weighted by Crippen LogP contribution is 2.30. The summed E-state index contributed by atoms with van der Waals surface area (Å²) in [6.07, 6.45) is 3.15. The second-order valence-corrected chi connectivity index (χ2v) is 6.94. The fraction of sp³-hybridized carbons (Fsp3) is 0.933. The number of hydrogen-bond donors (Lipinski definition) is 1. The number of rotatable bonds is 4. The Morgan fingerprint density at radius 2 is 2.00 bits per heavy atom. The summed E-state index contributed by atoms with van der Waals surface area (Å²) in [4.78, 5) is 14.3. The minimum atomic E-state index is -0.316. The molecule has 0 aromatic carbocycles. The summed E-state index contributed by atoms with van der Waals surface area (Å²) in [5, 5.41) is 9.49. The molecule has 0 bridgehead atoms. The lowest BCUT2D eigenvalue weighted by atomic mass is 9.80. The van der Waals surface area contributed by atoms with Gasteiger partial charge in [0, 0.05) is 19.0 Å². The molecule has 0 spiro atoms. The lowest BCUT2D eigenvalue weighted by Crippen LogP contribution is -2.39. The second-order valence-electron chi connectivity index (χ2n) is 6.94. The molecule has 1 aliphatic rings. The molecule has 3 nitrogen and oxygen atoms in total. The zero-order valence-electron chi connectivity index (χ0n) is 12.6. The van der Waals surface area contributed by atoms with Crippen molar-refractivity contribution in [3.63, 3.8) is 0 Å². The molecule has 1 aliphatic heterocycles. The van der Waals surface area contributed by atoms with Gasteiger partial charge in [-0.3, -0.25) is 4.79 Å². The Morgan fingerprint density at radius 1 is 1.39 bits per heavy atom. The number of hydrogen-bond acceptors (Lipinski definition) is 2. The molecule has 106 valence electrons. The third-order valence-electron chi connectivity index (χ3n) is 4.27. The molecule has 3 heteroatoms. The van der Waals surface area contributed by atoms with Gasteiger partial charge in [-0.2, -0.15) is 0 Å². The molecule has 0 aliphatic carbocycles. The first-order chi connectivity index (χ1) is 8.21. The fourth-order valence-electron chi connectivity index (χ4n) is 2.49. The van der Waals surface area contributed by atoms with Crippen LogP contribution in [0.25, 0.3) is 0 Å². The standard InChI is InChI=1S/C15H29NO2/c1-11(15(3,4)5)9-14(18)16-8-6-7-13(16)10-12(2)17/h11-13,17H,6-10H2,1-5H3. The van der Waals surface area contributed by atoms with Crippen molar-refractivity contribution in [3.05, 3.63) is 0 Å². The highest BCUT2D eigenvalue weighted by atomic mass is 16.3. The maximum absolute atomic E-state index is 12.3. The van der Waals surface area contributed by atoms with E-state index in [0.717, 1.165) is 25.8 Å². The van der Waals surface area contributed by atoms with Gasteiger partial charge in [0.1, 0.15) is 0 Å². The normalized spacial score (nSPS) is 24.1. The summed E-state index contributed by atoms with van der Waals surface area (Å²) in [5.74, 6) is 0.651. The van der Waals surface area contributed by atoms with E-state index in [4.69, 9.17) is 0 Å². The average molecular weight is 255 g/mol. The van der Waals surface area contributed by atoms with E-state index < -0.39 is 0 Å². The van der Waals surface area contributed by atoms with Gasteiger partial charge in [0.2, 0.25) is 5.91 Å². The number of amides is 1. The first kappa shape index (κ1) is 15.5. The summed E-state index contributed by atoms with van der Waals surface area (Å²) in [6.45, 7) is 11.4. The van der Waals surface area contributed by atoms with E-state index in [-0.39, 0.29) is 23.5 Å². The van der Waals surface area contributed by atoms with Crippen LogP contribution in [-0.2, 0) is 4.79 Å². The van der Waals surface area contributed by atoms with Gasteiger partial charge in [-0.1, -0.05) is 27.7 Å². The second kappa shape index (κ2) is 6.05. The van der Waals surface area contributed by atoms with Crippen molar-refractivity contribution in [3.8, 4) is 0 Å². The first-order valence-electron chi connectivity index (χ1n) is 7.19. The van der Waals surface area contributed by atoms with E-state index in [1.807, 2.05) is 4.90 Å². The maximum atomic E-state index is 12.3. The van der Waals surface area contributed by atoms with Crippen molar-refractivity contribution in [2.75, 3.05) is 6.54 Å². The molecule has 0 aromatic heterocycles. The van der Waals surface area contributed by atoms with Crippen LogP contribution in [0.3, 0.4) is 0 Å². The average Bonchev–Trinajstić information content (AvgIpc) is 2.63. The van der Waals surface area contributed by atoms with E-state index in [2.05, 4.69) is 27.7 Å². The summed E-state index contributed by atoms with van der Waals surface area (Å²) < 4.78 is 0. The van der Waals surface area contributed by atoms with Crippen LogP contribution in [-0.4, -0.2) is 34.6 Å². The monoisotopic (exact) mass is 255 g/mol. The predicted molar refractivity (Wildman–Crippen MR) is 74.3 cm³/mol. The third-order valence-corrected chi connectivity index (χ3v) is 4.27. The van der Waals surface area contributed by atoms with Crippen molar-refractivity contribution in [1.29, 1.82) is 0 Å². The molecule has 1 amide bonds. The van der Waals surface area contributed by atoms with Crippen molar-refractivity contribution in [1.82, 2.24) is 4.90 Å². The van der Waals surface area contributed by atoms with Crippen LogP contribution >= 0.6 is 0 Å². The van der Waals surface area contributed by atoms with Crippen molar-refractivity contribution in [2.45, 2.75) is 72.4 Å². The summed E-state index contributed by atoms with van der Waals surface area (Å²) in [5.41, 5.74) is 0.176. The molecule has 0 aromatic rings. The number of likely N-dealkylation sites (tertiary alicyclic amines) is 1. The van der Waals surface area contributed by atoms with E-state index in [0.29, 0.717) is 12.3 Å². The molecular weight excluding hydrogens is 226 g/mol. The fourth-order valence-corrected chi connectivity index (χ4v) is 2.49. The first-order valence-corrected chi connectivity index (χ1v) is 7.19. The molecule has 3 unspecified atom stereocenters. The zero-order valence-corrected chi connectivity index (χ0v) is 12.6. The Labute approximate surface area is 112 Å². The molecule has 3 atom stereocenters. The molecule has 1 saturated heterocycles. The van der Waals surface area contributed by atoms with Crippen LogP contribution < -0.4 is 0 Å². The molecule has 1 fully saturated rings. The molecule has 1 heterocycles. The van der Waals surface area contributed by atoms with E-state index in [1.54, 1.807) is 6.92 Å². The maximum Gasteiger partial charge on any atom is 0.223 e. The third kappa shape index (κ3) is 4.27. The zero-order chi connectivity index (χ0) is 13.9. The molecule has 0 saturated carbocycles. The number of carbonyl (C=O) groups excluding carboxylic acids is 1. The number of nitrogens with zero attached hydrogens (tertiary/aromatic N) is 1. The van der Waals surface area contributed by atoms with Crippen LogP contribution in [0.5, 0.6) is 0 Å². The van der Waals surface area contributed by atoms with Gasteiger partial charge >= 0.3 is 0 Å². The van der Waals surface area contributed by atoms with Crippen LogP contribution in [0.15, 0.2) is 0 Å². The van der Waals surface area contributed by atoms with Gasteiger partial charge in [0.05, 0.1) is 6.10 Å².